The zero-order valence-electron chi connectivity index (χ0n) is 9.06. The SMILES string of the molecule is Nc1ccc(Cl)cc1S(=O)(=O)Cc1ccc(Br)s1. The molecule has 0 spiro atoms. The predicted molar refractivity (Wildman–Crippen MR) is 78.8 cm³/mol. The molecule has 2 aromatic rings. The van der Waals surface area contributed by atoms with E-state index in [4.69, 9.17) is 17.3 Å². The second-order valence-electron chi connectivity index (χ2n) is 3.65. The average molecular weight is 367 g/mol. The first kappa shape index (κ1) is 13.9. The third kappa shape index (κ3) is 3.06. The summed E-state index contributed by atoms with van der Waals surface area (Å²) in [6.45, 7) is 0. The van der Waals surface area contributed by atoms with Gasteiger partial charge in [0, 0.05) is 9.90 Å². The van der Waals surface area contributed by atoms with Crippen LogP contribution in [-0.2, 0) is 15.6 Å². The van der Waals surface area contributed by atoms with Gasteiger partial charge < -0.3 is 5.73 Å². The molecular weight excluding hydrogens is 358 g/mol. The highest BCUT2D eigenvalue weighted by atomic mass is 79.9. The summed E-state index contributed by atoms with van der Waals surface area (Å²) in [5, 5.41) is 0.357. The lowest BCUT2D eigenvalue weighted by Gasteiger charge is -2.06. The van der Waals surface area contributed by atoms with Crippen molar-refractivity contribution in [3.63, 3.8) is 0 Å². The highest BCUT2D eigenvalue weighted by Gasteiger charge is 2.19. The van der Waals surface area contributed by atoms with Crippen LogP contribution in [0.1, 0.15) is 4.88 Å². The second kappa shape index (κ2) is 5.21. The van der Waals surface area contributed by atoms with Crippen molar-refractivity contribution in [3.8, 4) is 0 Å². The Bertz CT molecular complexity index is 682. The molecule has 0 fully saturated rings. The number of benzene rings is 1. The molecule has 0 aliphatic carbocycles. The van der Waals surface area contributed by atoms with E-state index in [1.165, 1.54) is 23.5 Å². The number of sulfone groups is 1. The standard InChI is InChI=1S/C11H9BrClNO2S2/c12-11-4-2-8(17-11)6-18(15,16)10-5-7(13)1-3-9(10)14/h1-5H,6,14H2. The Morgan fingerprint density at radius 1 is 1.28 bits per heavy atom. The van der Waals surface area contributed by atoms with Gasteiger partial charge in [-0.1, -0.05) is 11.6 Å². The largest absolute Gasteiger partial charge is 0.398 e. The number of thiophene rings is 1. The van der Waals surface area contributed by atoms with Crippen molar-refractivity contribution >= 4 is 54.4 Å². The van der Waals surface area contributed by atoms with Crippen molar-refractivity contribution in [2.24, 2.45) is 0 Å². The smallest absolute Gasteiger partial charge is 0.185 e. The molecule has 0 unspecified atom stereocenters. The molecule has 2 rings (SSSR count). The lowest BCUT2D eigenvalue weighted by Crippen LogP contribution is -2.07. The number of halogens is 2. The molecule has 0 bridgehead atoms. The minimum atomic E-state index is -3.47. The van der Waals surface area contributed by atoms with Crippen LogP contribution in [0.15, 0.2) is 39.0 Å². The van der Waals surface area contributed by atoms with E-state index in [2.05, 4.69) is 15.9 Å². The van der Waals surface area contributed by atoms with Gasteiger partial charge in [-0.3, -0.25) is 0 Å². The molecule has 0 aliphatic rings. The average Bonchev–Trinajstić information content (AvgIpc) is 2.66. The Labute approximate surface area is 123 Å². The van der Waals surface area contributed by atoms with E-state index in [0.29, 0.717) is 5.02 Å². The number of hydrogen-bond acceptors (Lipinski definition) is 4. The monoisotopic (exact) mass is 365 g/mol. The van der Waals surface area contributed by atoms with Crippen LogP contribution in [0.5, 0.6) is 0 Å². The molecule has 0 amide bonds. The Balaban J connectivity index is 2.39. The van der Waals surface area contributed by atoms with Crippen molar-refractivity contribution in [2.75, 3.05) is 5.73 Å². The number of rotatable bonds is 3. The van der Waals surface area contributed by atoms with Crippen LogP contribution in [0.4, 0.5) is 5.69 Å². The molecule has 1 aromatic carbocycles. The number of nitrogen functional groups attached to an aromatic ring is 1. The first-order chi connectivity index (χ1) is 8.38. The maximum Gasteiger partial charge on any atom is 0.185 e. The minimum Gasteiger partial charge on any atom is -0.398 e. The molecule has 1 aromatic heterocycles. The first-order valence-corrected chi connectivity index (χ1v) is 8.54. The zero-order chi connectivity index (χ0) is 13.3. The predicted octanol–water partition coefficient (Wildman–Crippen LogP) is 3.72. The van der Waals surface area contributed by atoms with Crippen molar-refractivity contribution in [2.45, 2.75) is 10.6 Å². The van der Waals surface area contributed by atoms with E-state index in [1.807, 2.05) is 6.07 Å². The Kier molecular flexibility index (Phi) is 4.01. The summed E-state index contributed by atoms with van der Waals surface area (Å²) in [4.78, 5) is 0.834. The van der Waals surface area contributed by atoms with Crippen LogP contribution in [0.3, 0.4) is 0 Å². The van der Waals surface area contributed by atoms with Gasteiger partial charge in [0.2, 0.25) is 0 Å². The summed E-state index contributed by atoms with van der Waals surface area (Å²) in [6.07, 6.45) is 0. The van der Waals surface area contributed by atoms with Gasteiger partial charge in [0.1, 0.15) is 0 Å². The summed E-state index contributed by atoms with van der Waals surface area (Å²) in [7, 11) is -3.47. The van der Waals surface area contributed by atoms with Gasteiger partial charge in [-0.15, -0.1) is 11.3 Å². The highest BCUT2D eigenvalue weighted by Crippen LogP contribution is 2.29. The van der Waals surface area contributed by atoms with Gasteiger partial charge in [-0.25, -0.2) is 8.42 Å². The molecule has 18 heavy (non-hydrogen) atoms. The quantitative estimate of drug-likeness (QED) is 0.842. The fourth-order valence-electron chi connectivity index (χ4n) is 1.47. The molecule has 0 saturated carbocycles. The maximum absolute atomic E-state index is 12.2. The van der Waals surface area contributed by atoms with Gasteiger partial charge in [-0.05, 0) is 46.3 Å². The van der Waals surface area contributed by atoms with Crippen molar-refractivity contribution in [1.29, 1.82) is 0 Å². The van der Waals surface area contributed by atoms with Gasteiger partial charge in [-0.2, -0.15) is 0 Å². The van der Waals surface area contributed by atoms with E-state index in [9.17, 15) is 8.42 Å². The lowest BCUT2D eigenvalue weighted by molar-refractivity contribution is 0.596. The second-order valence-corrected chi connectivity index (χ2v) is 8.59. The summed E-state index contributed by atoms with van der Waals surface area (Å²) in [6, 6.07) is 8.04. The van der Waals surface area contributed by atoms with Crippen LogP contribution >= 0.6 is 38.9 Å². The molecular formula is C11H9BrClNO2S2. The van der Waals surface area contributed by atoms with E-state index < -0.39 is 9.84 Å². The van der Waals surface area contributed by atoms with Gasteiger partial charge >= 0.3 is 0 Å². The normalized spacial score (nSPS) is 11.7. The van der Waals surface area contributed by atoms with Gasteiger partial charge in [0.25, 0.3) is 0 Å². The minimum absolute atomic E-state index is 0.0756. The highest BCUT2D eigenvalue weighted by molar-refractivity contribution is 9.11. The van der Waals surface area contributed by atoms with Crippen LogP contribution in [0.25, 0.3) is 0 Å². The molecule has 2 N–H and O–H groups in total. The molecule has 0 aliphatic heterocycles. The Hall–Kier alpha value is -0.560. The fourth-order valence-corrected chi connectivity index (χ4v) is 5.05. The number of anilines is 1. The molecule has 7 heteroatoms. The first-order valence-electron chi connectivity index (χ1n) is 4.90. The Morgan fingerprint density at radius 3 is 2.61 bits per heavy atom. The van der Waals surface area contributed by atoms with Crippen LogP contribution in [-0.4, -0.2) is 8.42 Å². The topological polar surface area (TPSA) is 60.2 Å². The maximum atomic E-state index is 12.2. The number of hydrogen-bond donors (Lipinski definition) is 1. The van der Waals surface area contributed by atoms with Crippen molar-refractivity contribution < 1.29 is 8.42 Å². The molecule has 3 nitrogen and oxygen atoms in total. The van der Waals surface area contributed by atoms with E-state index in [0.717, 1.165) is 8.66 Å². The number of nitrogens with two attached hydrogens (primary N) is 1. The molecule has 0 atom stereocenters. The summed E-state index contributed by atoms with van der Waals surface area (Å²) in [5.74, 6) is -0.0756. The van der Waals surface area contributed by atoms with Crippen molar-refractivity contribution in [3.05, 3.63) is 44.0 Å². The fraction of sp³-hybridized carbons (Fsp3) is 0.0909. The zero-order valence-corrected chi connectivity index (χ0v) is 13.0. The van der Waals surface area contributed by atoms with E-state index >= 15 is 0 Å². The summed E-state index contributed by atoms with van der Waals surface area (Å²) in [5.41, 5.74) is 5.91. The van der Waals surface area contributed by atoms with E-state index in [1.54, 1.807) is 12.1 Å². The van der Waals surface area contributed by atoms with Gasteiger partial charge in [0.05, 0.1) is 20.1 Å². The Morgan fingerprint density at radius 2 is 2.00 bits per heavy atom. The summed E-state index contributed by atoms with van der Waals surface area (Å²) >= 11 is 10.5. The molecule has 96 valence electrons. The van der Waals surface area contributed by atoms with E-state index in [-0.39, 0.29) is 16.3 Å². The molecule has 0 radical (unpaired) electrons. The third-order valence-corrected chi connectivity index (χ3v) is 6.03. The van der Waals surface area contributed by atoms with Crippen LogP contribution in [0, 0.1) is 0 Å². The van der Waals surface area contributed by atoms with Crippen molar-refractivity contribution in [1.82, 2.24) is 0 Å². The van der Waals surface area contributed by atoms with Crippen LogP contribution < -0.4 is 5.73 Å². The third-order valence-electron chi connectivity index (χ3n) is 2.27. The lowest BCUT2D eigenvalue weighted by atomic mass is 10.3. The molecule has 0 saturated heterocycles. The molecule has 1 heterocycles. The summed E-state index contributed by atoms with van der Waals surface area (Å²) < 4.78 is 25.4. The van der Waals surface area contributed by atoms with Gasteiger partial charge in [0.15, 0.2) is 9.84 Å². The van der Waals surface area contributed by atoms with Crippen LogP contribution in [0.2, 0.25) is 5.02 Å².